The molecule has 2 nitrogen and oxygen atoms in total. The van der Waals surface area contributed by atoms with Crippen LogP contribution < -0.4 is 5.14 Å². The van der Waals surface area contributed by atoms with Crippen LogP contribution in [-0.4, -0.2) is 18.0 Å². The predicted molar refractivity (Wildman–Crippen MR) is 79.9 cm³/mol. The van der Waals surface area contributed by atoms with E-state index < -0.39 is 11.7 Å². The molecule has 116 valence electrons. The Balaban J connectivity index is 2.29. The molecule has 0 radical (unpaired) electrons. The molecule has 21 heavy (non-hydrogen) atoms. The van der Waals surface area contributed by atoms with Crippen molar-refractivity contribution in [3.63, 3.8) is 0 Å². The van der Waals surface area contributed by atoms with E-state index in [4.69, 9.17) is 5.14 Å². The van der Waals surface area contributed by atoms with Crippen LogP contribution in [0.4, 0.5) is 13.2 Å². The summed E-state index contributed by atoms with van der Waals surface area (Å²) in [5.41, 5.74) is 1.54. The lowest BCUT2D eigenvalue weighted by atomic mass is 10.0. The maximum Gasteiger partial charge on any atom is 0.416 e. The van der Waals surface area contributed by atoms with Gasteiger partial charge in [-0.2, -0.15) is 13.2 Å². The van der Waals surface area contributed by atoms with Gasteiger partial charge in [0.15, 0.2) is 0 Å². The van der Waals surface area contributed by atoms with Crippen molar-refractivity contribution in [3.8, 4) is 0 Å². The van der Waals surface area contributed by atoms with E-state index in [0.717, 1.165) is 31.5 Å². The van der Waals surface area contributed by atoms with Gasteiger partial charge < -0.3 is 0 Å². The van der Waals surface area contributed by atoms with Gasteiger partial charge in [0.25, 0.3) is 0 Å². The number of benzene rings is 1. The van der Waals surface area contributed by atoms with Gasteiger partial charge in [-0.25, -0.2) is 0 Å². The highest BCUT2D eigenvalue weighted by molar-refractivity contribution is 7.97. The number of hydrogen-bond donors (Lipinski definition) is 1. The van der Waals surface area contributed by atoms with Crippen LogP contribution >= 0.6 is 11.9 Å². The number of nitrogens with two attached hydrogens (primary N) is 1. The zero-order valence-corrected chi connectivity index (χ0v) is 12.9. The van der Waals surface area contributed by atoms with Gasteiger partial charge in [0, 0.05) is 24.5 Å². The van der Waals surface area contributed by atoms with Crippen molar-refractivity contribution < 1.29 is 13.2 Å². The average molecular weight is 316 g/mol. The summed E-state index contributed by atoms with van der Waals surface area (Å²) in [6.07, 6.45) is -1.22. The zero-order valence-electron chi connectivity index (χ0n) is 12.1. The first-order valence-corrected chi connectivity index (χ1v) is 7.64. The van der Waals surface area contributed by atoms with E-state index in [9.17, 15) is 13.2 Å². The number of rotatable bonds is 3. The minimum Gasteiger partial charge on any atom is -0.295 e. The quantitative estimate of drug-likeness (QED) is 0.671. The molecule has 0 unspecified atom stereocenters. The smallest absolute Gasteiger partial charge is 0.295 e. The average Bonchev–Trinajstić information content (AvgIpc) is 2.39. The summed E-state index contributed by atoms with van der Waals surface area (Å²) in [5, 5.41) is 5.51. The fourth-order valence-electron chi connectivity index (χ4n) is 2.64. The first-order chi connectivity index (χ1) is 9.81. The third-order valence-electron chi connectivity index (χ3n) is 3.67. The van der Waals surface area contributed by atoms with Gasteiger partial charge in [0.1, 0.15) is 0 Å². The van der Waals surface area contributed by atoms with Crippen LogP contribution in [0, 0.1) is 6.92 Å². The van der Waals surface area contributed by atoms with Crippen LogP contribution in [0.2, 0.25) is 0 Å². The molecular formula is C15H19F3N2S. The number of alkyl halides is 3. The molecule has 0 amide bonds. The van der Waals surface area contributed by atoms with Crippen molar-refractivity contribution >= 4 is 11.9 Å². The van der Waals surface area contributed by atoms with Crippen molar-refractivity contribution in [1.29, 1.82) is 0 Å². The highest BCUT2D eigenvalue weighted by Gasteiger charge is 2.33. The maximum atomic E-state index is 13.1. The van der Waals surface area contributed by atoms with Gasteiger partial charge >= 0.3 is 6.18 Å². The molecule has 6 heteroatoms. The third kappa shape index (κ3) is 4.02. The Labute approximate surface area is 127 Å². The van der Waals surface area contributed by atoms with Gasteiger partial charge in [0.05, 0.1) is 5.56 Å². The number of hydrogen-bond acceptors (Lipinski definition) is 3. The summed E-state index contributed by atoms with van der Waals surface area (Å²) in [7, 11) is 0. The lowest BCUT2D eigenvalue weighted by Gasteiger charge is -2.26. The Hall–Kier alpha value is -0.980. The minimum absolute atomic E-state index is 0.202. The summed E-state index contributed by atoms with van der Waals surface area (Å²) >= 11 is 0.873. The molecule has 0 aromatic heterocycles. The second-order valence-electron chi connectivity index (χ2n) is 5.43. The fourth-order valence-corrected chi connectivity index (χ4v) is 3.14. The predicted octanol–water partition coefficient (Wildman–Crippen LogP) is 4.13. The van der Waals surface area contributed by atoms with Crippen LogP contribution in [0.5, 0.6) is 0 Å². The summed E-state index contributed by atoms with van der Waals surface area (Å²) in [6, 6.07) is 3.02. The van der Waals surface area contributed by atoms with Crippen molar-refractivity contribution in [2.75, 3.05) is 13.1 Å². The molecule has 0 saturated heterocycles. The molecule has 0 atom stereocenters. The minimum atomic E-state index is -4.34. The van der Waals surface area contributed by atoms with Gasteiger partial charge in [-0.1, -0.05) is 11.6 Å². The third-order valence-corrected chi connectivity index (χ3v) is 4.35. The van der Waals surface area contributed by atoms with Gasteiger partial charge in [-0.15, -0.1) is 0 Å². The van der Waals surface area contributed by atoms with Crippen LogP contribution in [0.3, 0.4) is 0 Å². The second kappa shape index (κ2) is 6.42. The molecule has 0 aliphatic carbocycles. The Morgan fingerprint density at radius 2 is 2.00 bits per heavy atom. The molecule has 1 aromatic rings. The Morgan fingerprint density at radius 3 is 2.57 bits per heavy atom. The van der Waals surface area contributed by atoms with Gasteiger partial charge in [-0.05, 0) is 55.5 Å². The molecule has 1 aliphatic rings. The van der Waals surface area contributed by atoms with Gasteiger partial charge in [0.2, 0.25) is 0 Å². The van der Waals surface area contributed by atoms with Crippen LogP contribution in [0.1, 0.15) is 30.0 Å². The van der Waals surface area contributed by atoms with E-state index >= 15 is 0 Å². The lowest BCUT2D eigenvalue weighted by molar-refractivity contribution is -0.138. The Bertz CT molecular complexity index is 553. The standard InChI is InChI=1S/C15H19F3N2S/c1-10-4-3-5-20(8-10)9-12-6-13(15(16,17)18)11(2)14(7-12)21-19/h4,6-7H,3,5,8-9,19H2,1-2H3. The first kappa shape index (κ1) is 16.4. The molecule has 1 aliphatic heterocycles. The summed E-state index contributed by atoms with van der Waals surface area (Å²) in [4.78, 5) is 2.65. The molecule has 2 N–H and O–H groups in total. The summed E-state index contributed by atoms with van der Waals surface area (Å²) in [5.74, 6) is 0. The fraction of sp³-hybridized carbons (Fsp3) is 0.467. The molecule has 0 fully saturated rings. The van der Waals surface area contributed by atoms with Crippen molar-refractivity contribution in [1.82, 2.24) is 4.90 Å². The Morgan fingerprint density at radius 1 is 1.29 bits per heavy atom. The first-order valence-electron chi connectivity index (χ1n) is 6.76. The topological polar surface area (TPSA) is 29.3 Å². The van der Waals surface area contributed by atoms with E-state index in [1.165, 1.54) is 18.6 Å². The highest BCUT2D eigenvalue weighted by Crippen LogP contribution is 2.36. The molecule has 1 heterocycles. The molecular weight excluding hydrogens is 297 g/mol. The summed E-state index contributed by atoms with van der Waals surface area (Å²) < 4.78 is 39.3. The lowest BCUT2D eigenvalue weighted by Crippen LogP contribution is -2.29. The number of halogens is 3. The highest BCUT2D eigenvalue weighted by atomic mass is 32.2. The SMILES string of the molecule is CC1=CCCN(Cc2cc(SN)c(C)c(C(F)(F)F)c2)C1. The molecule has 0 spiro atoms. The van der Waals surface area contributed by atoms with Gasteiger partial charge in [-0.3, -0.25) is 10.0 Å². The Kier molecular flexibility index (Phi) is 5.01. The van der Waals surface area contributed by atoms with E-state index in [-0.39, 0.29) is 5.56 Å². The maximum absolute atomic E-state index is 13.1. The van der Waals surface area contributed by atoms with Crippen molar-refractivity contribution in [2.45, 2.75) is 37.9 Å². The van der Waals surface area contributed by atoms with Crippen molar-refractivity contribution in [2.24, 2.45) is 5.14 Å². The van der Waals surface area contributed by atoms with Crippen LogP contribution in [0.15, 0.2) is 28.7 Å². The summed E-state index contributed by atoms with van der Waals surface area (Å²) in [6.45, 7) is 5.71. The number of nitrogens with zero attached hydrogens (tertiary/aromatic N) is 1. The zero-order chi connectivity index (χ0) is 15.6. The van der Waals surface area contributed by atoms with E-state index in [1.54, 1.807) is 6.07 Å². The largest absolute Gasteiger partial charge is 0.416 e. The van der Waals surface area contributed by atoms with E-state index in [1.807, 2.05) is 6.92 Å². The molecule has 2 rings (SSSR count). The molecule has 1 aromatic carbocycles. The second-order valence-corrected chi connectivity index (χ2v) is 6.11. The van der Waals surface area contributed by atoms with E-state index in [0.29, 0.717) is 17.0 Å². The molecule has 0 bridgehead atoms. The van der Waals surface area contributed by atoms with Crippen molar-refractivity contribution in [3.05, 3.63) is 40.5 Å². The normalized spacial score (nSPS) is 17.0. The van der Waals surface area contributed by atoms with Crippen LogP contribution in [-0.2, 0) is 12.7 Å². The molecule has 0 saturated carbocycles. The van der Waals surface area contributed by atoms with Crippen LogP contribution in [0.25, 0.3) is 0 Å². The van der Waals surface area contributed by atoms with E-state index in [2.05, 4.69) is 11.0 Å². The monoisotopic (exact) mass is 316 g/mol.